The molecule has 2 amide bonds. The molecule has 206 valence electrons. The summed E-state index contributed by atoms with van der Waals surface area (Å²) in [6.45, 7) is 3.88. The first kappa shape index (κ1) is 30.3. The summed E-state index contributed by atoms with van der Waals surface area (Å²) in [4.78, 5) is 26.1. The molecule has 11 heteroatoms. The number of carbonyl (C=O) groups is 2. The standard InChI is InChI=1S/C28H28BrCl2N3O5/c1-4-38-25-14-19(12-21(29)26(25)37-3)16-32-34-28(36)23(13-18-8-6-5-7-9-18)33-27(35)17(2)39-24-11-10-20(30)15-22(24)31/h5-12,14-17,23H,4,13H2,1-3H3,(H,33,35)(H,34,36)/b32-16-/t17-,23+/m0/s1. The van der Waals surface area contributed by atoms with Crippen molar-refractivity contribution >= 4 is 57.2 Å². The van der Waals surface area contributed by atoms with Crippen molar-refractivity contribution in [2.75, 3.05) is 13.7 Å². The zero-order chi connectivity index (χ0) is 28.4. The lowest BCUT2D eigenvalue weighted by atomic mass is 10.1. The van der Waals surface area contributed by atoms with Crippen molar-refractivity contribution in [3.8, 4) is 17.2 Å². The molecule has 0 saturated heterocycles. The van der Waals surface area contributed by atoms with Crippen molar-refractivity contribution in [3.63, 3.8) is 0 Å². The van der Waals surface area contributed by atoms with Crippen LogP contribution in [0.15, 0.2) is 70.2 Å². The maximum atomic E-state index is 13.1. The first-order chi connectivity index (χ1) is 18.7. The number of hydrogen-bond acceptors (Lipinski definition) is 6. The van der Waals surface area contributed by atoms with Gasteiger partial charge in [0.1, 0.15) is 11.8 Å². The second-order valence-electron chi connectivity index (χ2n) is 8.29. The second-order valence-corrected chi connectivity index (χ2v) is 9.99. The van der Waals surface area contributed by atoms with Gasteiger partial charge in [0.25, 0.3) is 11.8 Å². The summed E-state index contributed by atoms with van der Waals surface area (Å²) in [6, 6.07) is 16.6. The largest absolute Gasteiger partial charge is 0.492 e. The fourth-order valence-corrected chi connectivity index (χ4v) is 4.61. The van der Waals surface area contributed by atoms with E-state index >= 15 is 0 Å². The summed E-state index contributed by atoms with van der Waals surface area (Å²) in [5.41, 5.74) is 4.03. The SMILES string of the molecule is CCOc1cc(/C=N\NC(=O)[C@@H](Cc2ccccc2)NC(=O)[C@H](C)Oc2ccc(Cl)cc2Cl)cc(Br)c1OC. The molecule has 3 aromatic carbocycles. The Morgan fingerprint density at radius 3 is 2.46 bits per heavy atom. The van der Waals surface area contributed by atoms with Crippen LogP contribution in [0, 0.1) is 0 Å². The molecule has 2 atom stereocenters. The Labute approximate surface area is 245 Å². The molecule has 3 rings (SSSR count). The molecule has 0 unspecified atom stereocenters. The van der Waals surface area contributed by atoms with Crippen LogP contribution in [-0.4, -0.2) is 43.9 Å². The molecule has 8 nitrogen and oxygen atoms in total. The minimum Gasteiger partial charge on any atom is -0.492 e. The third-order valence-corrected chi connectivity index (χ3v) is 6.53. The van der Waals surface area contributed by atoms with E-state index in [0.29, 0.717) is 38.9 Å². The summed E-state index contributed by atoms with van der Waals surface area (Å²) in [7, 11) is 1.55. The average Bonchev–Trinajstić information content (AvgIpc) is 2.90. The minimum absolute atomic E-state index is 0.241. The molecule has 39 heavy (non-hydrogen) atoms. The van der Waals surface area contributed by atoms with E-state index in [1.165, 1.54) is 12.3 Å². The van der Waals surface area contributed by atoms with E-state index in [2.05, 4.69) is 31.8 Å². The highest BCUT2D eigenvalue weighted by Gasteiger charge is 2.25. The van der Waals surface area contributed by atoms with Gasteiger partial charge in [0, 0.05) is 11.4 Å². The van der Waals surface area contributed by atoms with E-state index in [-0.39, 0.29) is 11.4 Å². The van der Waals surface area contributed by atoms with E-state index in [4.69, 9.17) is 37.4 Å². The number of benzene rings is 3. The Bertz CT molecular complexity index is 1320. The highest BCUT2D eigenvalue weighted by molar-refractivity contribution is 9.10. The van der Waals surface area contributed by atoms with Crippen LogP contribution in [0.1, 0.15) is 25.0 Å². The molecule has 0 heterocycles. The fraction of sp³-hybridized carbons (Fsp3) is 0.250. The van der Waals surface area contributed by atoms with Crippen LogP contribution in [0.2, 0.25) is 10.0 Å². The van der Waals surface area contributed by atoms with Gasteiger partial charge in [-0.25, -0.2) is 5.43 Å². The molecule has 0 fully saturated rings. The van der Waals surface area contributed by atoms with Gasteiger partial charge in [-0.1, -0.05) is 53.5 Å². The molecule has 0 aliphatic carbocycles. The van der Waals surface area contributed by atoms with Crippen molar-refractivity contribution in [1.82, 2.24) is 10.7 Å². The maximum absolute atomic E-state index is 13.1. The Morgan fingerprint density at radius 1 is 1.05 bits per heavy atom. The summed E-state index contributed by atoms with van der Waals surface area (Å²) < 4.78 is 17.4. The molecule has 3 aromatic rings. The van der Waals surface area contributed by atoms with Crippen molar-refractivity contribution in [2.24, 2.45) is 5.10 Å². The highest BCUT2D eigenvalue weighted by atomic mass is 79.9. The Kier molecular flexibility index (Phi) is 11.5. The summed E-state index contributed by atoms with van der Waals surface area (Å²) >= 11 is 15.5. The normalized spacial score (nSPS) is 12.5. The van der Waals surface area contributed by atoms with E-state index in [1.54, 1.807) is 38.3 Å². The zero-order valence-electron chi connectivity index (χ0n) is 21.5. The molecule has 0 aromatic heterocycles. The van der Waals surface area contributed by atoms with Crippen molar-refractivity contribution in [1.29, 1.82) is 0 Å². The summed E-state index contributed by atoms with van der Waals surface area (Å²) in [6.07, 6.45) is 0.775. The van der Waals surface area contributed by atoms with Crippen LogP contribution in [0.3, 0.4) is 0 Å². The van der Waals surface area contributed by atoms with E-state index in [0.717, 1.165) is 5.56 Å². The van der Waals surface area contributed by atoms with Crippen molar-refractivity contribution < 1.29 is 23.8 Å². The van der Waals surface area contributed by atoms with Crippen LogP contribution < -0.4 is 25.0 Å². The third kappa shape index (κ3) is 8.88. The number of halogens is 3. The van der Waals surface area contributed by atoms with Gasteiger partial charge in [0.05, 0.1) is 29.4 Å². The lowest BCUT2D eigenvalue weighted by Gasteiger charge is -2.21. The van der Waals surface area contributed by atoms with Gasteiger partial charge in [-0.2, -0.15) is 5.10 Å². The predicted octanol–water partition coefficient (Wildman–Crippen LogP) is 5.81. The lowest BCUT2D eigenvalue weighted by molar-refractivity contribution is -0.132. The van der Waals surface area contributed by atoms with Gasteiger partial charge in [-0.15, -0.1) is 0 Å². The van der Waals surface area contributed by atoms with Crippen molar-refractivity contribution in [3.05, 3.63) is 86.3 Å². The fourth-order valence-electron chi connectivity index (χ4n) is 3.53. The molecule has 0 bridgehead atoms. The number of ether oxygens (including phenoxy) is 3. The first-order valence-electron chi connectivity index (χ1n) is 12.0. The average molecular weight is 637 g/mol. The third-order valence-electron chi connectivity index (χ3n) is 5.41. The molecule has 0 saturated carbocycles. The number of nitrogens with one attached hydrogen (secondary N) is 2. The second kappa shape index (κ2) is 14.8. The minimum atomic E-state index is -0.938. The van der Waals surface area contributed by atoms with Gasteiger partial charge in [-0.05, 0) is 71.2 Å². The van der Waals surface area contributed by atoms with Gasteiger partial charge in [0.15, 0.2) is 17.6 Å². The number of carbonyl (C=O) groups excluding carboxylic acids is 2. The Morgan fingerprint density at radius 2 is 1.79 bits per heavy atom. The monoisotopic (exact) mass is 635 g/mol. The van der Waals surface area contributed by atoms with Gasteiger partial charge in [-0.3, -0.25) is 9.59 Å². The predicted molar refractivity (Wildman–Crippen MR) is 156 cm³/mol. The first-order valence-corrected chi connectivity index (χ1v) is 13.6. The number of nitrogens with zero attached hydrogens (tertiary/aromatic N) is 1. The Hall–Kier alpha value is -3.27. The molecule has 0 spiro atoms. The molecular formula is C28H28BrCl2N3O5. The van der Waals surface area contributed by atoms with Crippen LogP contribution >= 0.6 is 39.1 Å². The van der Waals surface area contributed by atoms with Crippen molar-refractivity contribution in [2.45, 2.75) is 32.4 Å². The number of hydrazone groups is 1. The quantitative estimate of drug-likeness (QED) is 0.193. The van der Waals surface area contributed by atoms with E-state index in [9.17, 15) is 9.59 Å². The summed E-state index contributed by atoms with van der Waals surface area (Å²) in [5, 5.41) is 7.56. The van der Waals surface area contributed by atoms with Gasteiger partial charge < -0.3 is 19.5 Å². The lowest BCUT2D eigenvalue weighted by Crippen LogP contribution is -2.50. The van der Waals surface area contributed by atoms with Gasteiger partial charge in [0.2, 0.25) is 0 Å². The zero-order valence-corrected chi connectivity index (χ0v) is 24.6. The maximum Gasteiger partial charge on any atom is 0.262 e. The summed E-state index contributed by atoms with van der Waals surface area (Å²) in [5.74, 6) is 0.389. The number of hydrogen-bond donors (Lipinski definition) is 2. The van der Waals surface area contributed by atoms with Crippen LogP contribution in [0.5, 0.6) is 17.2 Å². The highest BCUT2D eigenvalue weighted by Crippen LogP contribution is 2.36. The number of amides is 2. The van der Waals surface area contributed by atoms with Crippen LogP contribution in [-0.2, 0) is 16.0 Å². The Balaban J connectivity index is 1.73. The van der Waals surface area contributed by atoms with E-state index in [1.807, 2.05) is 37.3 Å². The number of rotatable bonds is 12. The molecular weight excluding hydrogens is 609 g/mol. The molecule has 0 aliphatic rings. The van der Waals surface area contributed by atoms with Crippen LogP contribution in [0.4, 0.5) is 0 Å². The molecule has 0 aliphatic heterocycles. The molecule has 0 radical (unpaired) electrons. The topological polar surface area (TPSA) is 98.2 Å². The van der Waals surface area contributed by atoms with E-state index < -0.39 is 24.0 Å². The molecule has 2 N–H and O–H groups in total. The van der Waals surface area contributed by atoms with Gasteiger partial charge >= 0.3 is 0 Å². The van der Waals surface area contributed by atoms with Crippen LogP contribution in [0.25, 0.3) is 0 Å². The smallest absolute Gasteiger partial charge is 0.262 e. The number of methoxy groups -OCH3 is 1.